The van der Waals surface area contributed by atoms with Gasteiger partial charge in [0, 0.05) is 22.9 Å². The van der Waals surface area contributed by atoms with Gasteiger partial charge in [0.25, 0.3) is 0 Å². The highest BCUT2D eigenvalue weighted by molar-refractivity contribution is 7.09. The molecule has 2 aromatic rings. The first kappa shape index (κ1) is 13.1. The molecule has 2 rings (SSSR count). The van der Waals surface area contributed by atoms with E-state index >= 15 is 0 Å². The summed E-state index contributed by atoms with van der Waals surface area (Å²) >= 11 is 1.68. The highest BCUT2D eigenvalue weighted by Gasteiger charge is 2.07. The van der Waals surface area contributed by atoms with Crippen LogP contribution in [0.4, 0.5) is 0 Å². The van der Waals surface area contributed by atoms with Crippen LogP contribution >= 0.6 is 11.3 Å². The maximum absolute atomic E-state index is 5.92. The van der Waals surface area contributed by atoms with Gasteiger partial charge < -0.3 is 10.5 Å². The van der Waals surface area contributed by atoms with Gasteiger partial charge in [-0.2, -0.15) is 0 Å². The number of benzene rings is 1. The van der Waals surface area contributed by atoms with E-state index in [2.05, 4.69) is 4.98 Å². The molecule has 1 atom stereocenters. The number of hydrogen-bond acceptors (Lipinski definition) is 4. The molecule has 0 aliphatic rings. The Morgan fingerprint density at radius 3 is 2.83 bits per heavy atom. The van der Waals surface area contributed by atoms with Gasteiger partial charge in [0.15, 0.2) is 0 Å². The predicted molar refractivity (Wildman–Crippen MR) is 75.1 cm³/mol. The molecule has 1 aromatic carbocycles. The standard InChI is InChI=1S/C14H18N2OS/c1-10(15)12-5-3-4-6-13(12)17-8-7-14-11(2)16-9-18-14/h3-6,9-10H,7-8,15H2,1-2H3/t10-/m0/s1. The highest BCUT2D eigenvalue weighted by Crippen LogP contribution is 2.23. The van der Waals surface area contributed by atoms with Crippen molar-refractivity contribution in [2.45, 2.75) is 26.3 Å². The molecule has 0 saturated carbocycles. The summed E-state index contributed by atoms with van der Waals surface area (Å²) in [6.07, 6.45) is 0.893. The fraction of sp³-hybridized carbons (Fsp3) is 0.357. The number of nitrogens with zero attached hydrogens (tertiary/aromatic N) is 1. The number of nitrogens with two attached hydrogens (primary N) is 1. The van der Waals surface area contributed by atoms with Crippen molar-refractivity contribution in [3.8, 4) is 5.75 Å². The monoisotopic (exact) mass is 262 g/mol. The van der Waals surface area contributed by atoms with Crippen molar-refractivity contribution in [3.05, 3.63) is 45.9 Å². The van der Waals surface area contributed by atoms with Gasteiger partial charge in [-0.3, -0.25) is 0 Å². The van der Waals surface area contributed by atoms with E-state index in [0.717, 1.165) is 23.4 Å². The summed E-state index contributed by atoms with van der Waals surface area (Å²) in [5, 5.41) is 0. The van der Waals surface area contributed by atoms with E-state index in [1.807, 2.05) is 43.6 Å². The van der Waals surface area contributed by atoms with Crippen LogP contribution in [0.25, 0.3) is 0 Å². The third-order valence-corrected chi connectivity index (χ3v) is 3.84. The Morgan fingerprint density at radius 2 is 2.17 bits per heavy atom. The number of rotatable bonds is 5. The number of ether oxygens (including phenoxy) is 1. The second kappa shape index (κ2) is 5.98. The van der Waals surface area contributed by atoms with Crippen LogP contribution in [-0.4, -0.2) is 11.6 Å². The van der Waals surface area contributed by atoms with Crippen LogP contribution in [0.15, 0.2) is 29.8 Å². The molecule has 2 N–H and O–H groups in total. The van der Waals surface area contributed by atoms with Crippen molar-refractivity contribution in [2.24, 2.45) is 5.73 Å². The maximum Gasteiger partial charge on any atom is 0.124 e. The van der Waals surface area contributed by atoms with E-state index in [-0.39, 0.29) is 6.04 Å². The number of hydrogen-bond donors (Lipinski definition) is 1. The van der Waals surface area contributed by atoms with Gasteiger partial charge in [-0.1, -0.05) is 18.2 Å². The zero-order valence-electron chi connectivity index (χ0n) is 10.7. The topological polar surface area (TPSA) is 48.1 Å². The first-order valence-electron chi connectivity index (χ1n) is 6.04. The van der Waals surface area contributed by atoms with Crippen molar-refractivity contribution >= 4 is 11.3 Å². The molecule has 0 unspecified atom stereocenters. The van der Waals surface area contributed by atoms with E-state index in [9.17, 15) is 0 Å². The van der Waals surface area contributed by atoms with Crippen molar-refractivity contribution in [1.29, 1.82) is 0 Å². The van der Waals surface area contributed by atoms with Gasteiger partial charge in [-0.05, 0) is 19.9 Å². The Hall–Kier alpha value is -1.39. The summed E-state index contributed by atoms with van der Waals surface area (Å²) in [5.41, 5.74) is 9.95. The quantitative estimate of drug-likeness (QED) is 0.900. The third-order valence-electron chi connectivity index (χ3n) is 2.84. The van der Waals surface area contributed by atoms with E-state index in [0.29, 0.717) is 6.61 Å². The molecule has 0 saturated heterocycles. The first-order valence-corrected chi connectivity index (χ1v) is 6.92. The van der Waals surface area contributed by atoms with Gasteiger partial charge in [0.2, 0.25) is 0 Å². The average Bonchev–Trinajstić information content (AvgIpc) is 2.76. The lowest BCUT2D eigenvalue weighted by molar-refractivity contribution is 0.318. The molecule has 0 aliphatic heterocycles. The first-order chi connectivity index (χ1) is 8.68. The fourth-order valence-electron chi connectivity index (χ4n) is 1.81. The lowest BCUT2D eigenvalue weighted by Crippen LogP contribution is -2.09. The van der Waals surface area contributed by atoms with Crippen LogP contribution in [-0.2, 0) is 6.42 Å². The normalized spacial score (nSPS) is 12.4. The lowest BCUT2D eigenvalue weighted by Gasteiger charge is -2.13. The summed E-state index contributed by atoms with van der Waals surface area (Å²) in [4.78, 5) is 5.52. The second-order valence-electron chi connectivity index (χ2n) is 4.29. The SMILES string of the molecule is Cc1ncsc1CCOc1ccccc1[C@H](C)N. The number of aryl methyl sites for hydroxylation is 1. The van der Waals surface area contributed by atoms with E-state index in [1.165, 1.54) is 4.88 Å². The smallest absolute Gasteiger partial charge is 0.124 e. The summed E-state index contributed by atoms with van der Waals surface area (Å²) in [6.45, 7) is 4.66. The Morgan fingerprint density at radius 1 is 1.39 bits per heavy atom. The largest absolute Gasteiger partial charge is 0.493 e. The van der Waals surface area contributed by atoms with Crippen LogP contribution in [0, 0.1) is 6.92 Å². The third kappa shape index (κ3) is 3.09. The van der Waals surface area contributed by atoms with Crippen molar-refractivity contribution in [2.75, 3.05) is 6.61 Å². The van der Waals surface area contributed by atoms with Crippen molar-refractivity contribution in [1.82, 2.24) is 4.98 Å². The van der Waals surface area contributed by atoms with Crippen LogP contribution in [0.1, 0.15) is 29.1 Å². The molecule has 4 heteroatoms. The van der Waals surface area contributed by atoms with Crippen LogP contribution in [0.2, 0.25) is 0 Å². The van der Waals surface area contributed by atoms with Crippen molar-refractivity contribution < 1.29 is 4.74 Å². The Labute approximate surface area is 112 Å². The molecule has 0 bridgehead atoms. The summed E-state index contributed by atoms with van der Waals surface area (Å²) in [6, 6.07) is 7.93. The minimum absolute atomic E-state index is 0.00802. The highest BCUT2D eigenvalue weighted by atomic mass is 32.1. The zero-order chi connectivity index (χ0) is 13.0. The molecule has 0 amide bonds. The molecule has 0 aliphatic carbocycles. The molecule has 96 valence electrons. The zero-order valence-corrected chi connectivity index (χ0v) is 11.5. The van der Waals surface area contributed by atoms with Crippen LogP contribution in [0.3, 0.4) is 0 Å². The number of para-hydroxylation sites is 1. The molecule has 18 heavy (non-hydrogen) atoms. The summed E-state index contributed by atoms with van der Waals surface area (Å²) in [7, 11) is 0. The molecule has 0 spiro atoms. The van der Waals surface area contributed by atoms with Crippen LogP contribution < -0.4 is 10.5 Å². The summed E-state index contributed by atoms with van der Waals surface area (Å²) in [5.74, 6) is 0.884. The minimum Gasteiger partial charge on any atom is -0.493 e. The number of aromatic nitrogens is 1. The molecule has 1 heterocycles. The molecule has 3 nitrogen and oxygen atoms in total. The lowest BCUT2D eigenvalue weighted by atomic mass is 10.1. The van der Waals surface area contributed by atoms with E-state index in [1.54, 1.807) is 11.3 Å². The van der Waals surface area contributed by atoms with Crippen LogP contribution in [0.5, 0.6) is 5.75 Å². The van der Waals surface area contributed by atoms with Crippen molar-refractivity contribution in [3.63, 3.8) is 0 Å². The second-order valence-corrected chi connectivity index (χ2v) is 5.23. The maximum atomic E-state index is 5.92. The molecule has 1 aromatic heterocycles. The minimum atomic E-state index is -0.00802. The number of thiazole rings is 1. The Balaban J connectivity index is 1.96. The summed E-state index contributed by atoms with van der Waals surface area (Å²) < 4.78 is 5.83. The van der Waals surface area contributed by atoms with Gasteiger partial charge in [0.05, 0.1) is 17.8 Å². The Bertz CT molecular complexity index is 508. The van der Waals surface area contributed by atoms with Gasteiger partial charge in [-0.15, -0.1) is 11.3 Å². The average molecular weight is 262 g/mol. The fourth-order valence-corrected chi connectivity index (χ4v) is 2.57. The van der Waals surface area contributed by atoms with Gasteiger partial charge in [0.1, 0.15) is 5.75 Å². The molecule has 0 fully saturated rings. The molecule has 0 radical (unpaired) electrons. The molecular formula is C14H18N2OS. The van der Waals surface area contributed by atoms with Gasteiger partial charge in [-0.25, -0.2) is 4.98 Å². The Kier molecular flexibility index (Phi) is 4.33. The van der Waals surface area contributed by atoms with E-state index in [4.69, 9.17) is 10.5 Å². The van der Waals surface area contributed by atoms with E-state index < -0.39 is 0 Å². The van der Waals surface area contributed by atoms with Gasteiger partial charge >= 0.3 is 0 Å². The molecular weight excluding hydrogens is 244 g/mol. The predicted octanol–water partition coefficient (Wildman–Crippen LogP) is 3.09.